The van der Waals surface area contributed by atoms with Gasteiger partial charge in [0, 0.05) is 60.2 Å². The number of fused-ring (bicyclic) bond motifs is 3. The number of amides is 1. The average molecular weight is 474 g/mol. The molecule has 2 aliphatic heterocycles. The lowest BCUT2D eigenvalue weighted by atomic mass is 9.95. The molecule has 4 N–H and O–H groups in total. The number of rotatable bonds is 3. The Labute approximate surface area is 200 Å². The van der Waals surface area contributed by atoms with Gasteiger partial charge in [-0.2, -0.15) is 5.10 Å². The third kappa shape index (κ3) is 3.85. The molecule has 0 bridgehead atoms. The Bertz CT molecular complexity index is 1480. The summed E-state index contributed by atoms with van der Waals surface area (Å²) in [6, 6.07) is 7.02. The van der Waals surface area contributed by atoms with Gasteiger partial charge in [-0.05, 0) is 42.5 Å². The minimum Gasteiger partial charge on any atom is -0.387 e. The molecule has 35 heavy (non-hydrogen) atoms. The Morgan fingerprint density at radius 1 is 1.06 bits per heavy atom. The van der Waals surface area contributed by atoms with Crippen LogP contribution in [0.3, 0.4) is 0 Å². The maximum atomic E-state index is 15.2. The zero-order chi connectivity index (χ0) is 24.1. The van der Waals surface area contributed by atoms with Crippen molar-refractivity contribution in [3.8, 4) is 11.1 Å². The van der Waals surface area contributed by atoms with Gasteiger partial charge in [-0.15, -0.1) is 0 Å². The molecule has 3 aromatic heterocycles. The predicted molar refractivity (Wildman–Crippen MR) is 130 cm³/mol. The van der Waals surface area contributed by atoms with E-state index < -0.39 is 6.10 Å². The molecular formula is C25H24FN7O2. The van der Waals surface area contributed by atoms with E-state index in [9.17, 15) is 9.90 Å². The summed E-state index contributed by atoms with van der Waals surface area (Å²) < 4.78 is 16.8. The lowest BCUT2D eigenvalue weighted by Crippen LogP contribution is -2.25. The van der Waals surface area contributed by atoms with Crippen LogP contribution in [0.15, 0.2) is 36.7 Å². The fourth-order valence-corrected chi connectivity index (χ4v) is 4.79. The second-order valence-corrected chi connectivity index (χ2v) is 8.94. The van der Waals surface area contributed by atoms with Gasteiger partial charge in [0.25, 0.3) is 0 Å². The van der Waals surface area contributed by atoms with Crippen molar-refractivity contribution in [3.63, 3.8) is 0 Å². The highest BCUT2D eigenvalue weighted by atomic mass is 19.1. The van der Waals surface area contributed by atoms with Gasteiger partial charge >= 0.3 is 0 Å². The number of carbonyl (C=O) groups is 1. The number of aromatic nitrogens is 4. The minimum atomic E-state index is -0.618. The lowest BCUT2D eigenvalue weighted by Gasteiger charge is -2.25. The van der Waals surface area contributed by atoms with Crippen LogP contribution in [0.4, 0.5) is 21.7 Å². The van der Waals surface area contributed by atoms with Crippen molar-refractivity contribution in [1.82, 2.24) is 25.1 Å². The van der Waals surface area contributed by atoms with Gasteiger partial charge in [0.05, 0.1) is 17.5 Å². The highest BCUT2D eigenvalue weighted by molar-refractivity contribution is 5.90. The molecular weight excluding hydrogens is 449 g/mol. The molecule has 1 amide bonds. The first-order chi connectivity index (χ1) is 17.0. The summed E-state index contributed by atoms with van der Waals surface area (Å²) in [6.07, 6.45) is 3.93. The van der Waals surface area contributed by atoms with Gasteiger partial charge in [0.1, 0.15) is 18.2 Å². The Kier molecular flexibility index (Phi) is 5.10. The monoisotopic (exact) mass is 473 g/mol. The van der Waals surface area contributed by atoms with E-state index in [2.05, 4.69) is 31.0 Å². The molecule has 0 fully saturated rings. The third-order valence-electron chi connectivity index (χ3n) is 6.62. The summed E-state index contributed by atoms with van der Waals surface area (Å²) in [7, 11) is 0. The van der Waals surface area contributed by atoms with Crippen LogP contribution in [0.1, 0.15) is 29.5 Å². The lowest BCUT2D eigenvalue weighted by molar-refractivity contribution is -0.121. The molecule has 1 atom stereocenters. The van der Waals surface area contributed by atoms with Gasteiger partial charge < -0.3 is 21.1 Å². The van der Waals surface area contributed by atoms with Crippen molar-refractivity contribution in [2.24, 2.45) is 0 Å². The quantitative estimate of drug-likeness (QED) is 0.361. The van der Waals surface area contributed by atoms with Crippen LogP contribution in [0.2, 0.25) is 0 Å². The van der Waals surface area contributed by atoms with Crippen molar-refractivity contribution >= 4 is 34.0 Å². The molecule has 10 heteroatoms. The van der Waals surface area contributed by atoms with Gasteiger partial charge in [-0.25, -0.2) is 9.37 Å². The van der Waals surface area contributed by atoms with Crippen molar-refractivity contribution in [2.75, 3.05) is 23.7 Å². The van der Waals surface area contributed by atoms with Gasteiger partial charge in [0.15, 0.2) is 5.82 Å². The van der Waals surface area contributed by atoms with E-state index in [1.54, 1.807) is 23.1 Å². The molecule has 6 rings (SSSR count). The second kappa shape index (κ2) is 8.31. The highest BCUT2D eigenvalue weighted by Gasteiger charge is 2.23. The minimum absolute atomic E-state index is 0.0616. The third-order valence-corrected chi connectivity index (χ3v) is 6.62. The van der Waals surface area contributed by atoms with Crippen LogP contribution >= 0.6 is 0 Å². The summed E-state index contributed by atoms with van der Waals surface area (Å²) in [5.74, 6) is 0.742. The first-order valence-electron chi connectivity index (χ1n) is 11.6. The molecule has 2 aliphatic rings. The second-order valence-electron chi connectivity index (χ2n) is 8.94. The fourth-order valence-electron chi connectivity index (χ4n) is 4.79. The van der Waals surface area contributed by atoms with E-state index in [0.717, 1.165) is 22.3 Å². The zero-order valence-corrected chi connectivity index (χ0v) is 19.1. The number of aliphatic hydroxyl groups is 1. The first-order valence-corrected chi connectivity index (χ1v) is 11.6. The van der Waals surface area contributed by atoms with Crippen molar-refractivity contribution < 1.29 is 14.3 Å². The molecule has 4 aromatic rings. The van der Waals surface area contributed by atoms with E-state index in [4.69, 9.17) is 0 Å². The molecule has 1 unspecified atom stereocenters. The number of hydrogen-bond donors (Lipinski definition) is 4. The van der Waals surface area contributed by atoms with Crippen LogP contribution in [-0.4, -0.2) is 43.9 Å². The first kappa shape index (κ1) is 21.5. The molecule has 0 spiro atoms. The number of nitrogens with zero attached hydrogens (tertiary/aromatic N) is 4. The number of nitrogens with one attached hydrogen (secondary N) is 3. The summed E-state index contributed by atoms with van der Waals surface area (Å²) >= 11 is 0. The number of hydrogen-bond acceptors (Lipinski definition) is 7. The summed E-state index contributed by atoms with van der Waals surface area (Å²) in [4.78, 5) is 20.6. The standard InChI is InChI=1S/C25H24FN7O2/c1-13-18(11-30-25-20(34)3-5-28-24(13)25)17-6-14-8-21(29-10-15(14)7-19(17)26)31-22-9-16-2-4-27-23(35)12-33(16)32-22/h6-11,20,28,34H,2-5,12H2,1H3,(H,27,35)(H,29,31,32). The van der Waals surface area contributed by atoms with Crippen molar-refractivity contribution in [3.05, 3.63) is 59.4 Å². The molecule has 9 nitrogen and oxygen atoms in total. The van der Waals surface area contributed by atoms with Gasteiger partial charge in [0.2, 0.25) is 5.91 Å². The summed E-state index contributed by atoms with van der Waals surface area (Å²) in [6.45, 7) is 3.32. The molecule has 5 heterocycles. The number of pyridine rings is 2. The summed E-state index contributed by atoms with van der Waals surface area (Å²) in [5.41, 5.74) is 4.29. The average Bonchev–Trinajstić information content (AvgIpc) is 3.11. The van der Waals surface area contributed by atoms with E-state index >= 15 is 4.39 Å². The van der Waals surface area contributed by atoms with Crippen molar-refractivity contribution in [2.45, 2.75) is 32.4 Å². The van der Waals surface area contributed by atoms with E-state index in [1.165, 1.54) is 6.07 Å². The number of carbonyl (C=O) groups excluding carboxylic acids is 1. The van der Waals surface area contributed by atoms with E-state index in [-0.39, 0.29) is 18.3 Å². The van der Waals surface area contributed by atoms with Gasteiger partial charge in [-0.3, -0.25) is 14.5 Å². The maximum absolute atomic E-state index is 15.2. The van der Waals surface area contributed by atoms with Crippen LogP contribution in [0.5, 0.6) is 0 Å². The SMILES string of the molecule is Cc1c(-c2cc3cc(Nc4cc5n(n4)CC(=O)NCC5)ncc3cc2F)cnc2c1NCCC2O. The van der Waals surface area contributed by atoms with Crippen molar-refractivity contribution in [1.29, 1.82) is 0 Å². The van der Waals surface area contributed by atoms with Crippen LogP contribution in [-0.2, 0) is 17.8 Å². The topological polar surface area (TPSA) is 117 Å². The van der Waals surface area contributed by atoms with Gasteiger partial charge in [-0.1, -0.05) is 0 Å². The Hall–Kier alpha value is -4.05. The van der Waals surface area contributed by atoms with E-state index in [0.29, 0.717) is 59.8 Å². The smallest absolute Gasteiger partial charge is 0.241 e. The number of anilines is 3. The molecule has 0 saturated heterocycles. The fraction of sp³-hybridized carbons (Fsp3) is 0.280. The molecule has 0 aliphatic carbocycles. The Morgan fingerprint density at radius 3 is 2.83 bits per heavy atom. The molecule has 0 saturated carbocycles. The predicted octanol–water partition coefficient (Wildman–Crippen LogP) is 3.21. The Morgan fingerprint density at radius 2 is 1.94 bits per heavy atom. The van der Waals surface area contributed by atoms with Crippen LogP contribution in [0, 0.1) is 12.7 Å². The largest absolute Gasteiger partial charge is 0.387 e. The Balaban J connectivity index is 1.35. The zero-order valence-electron chi connectivity index (χ0n) is 19.1. The number of halogens is 1. The normalized spacial score (nSPS) is 17.2. The molecule has 1 aromatic carbocycles. The van der Waals surface area contributed by atoms with E-state index in [1.807, 2.05) is 19.1 Å². The summed E-state index contributed by atoms with van der Waals surface area (Å²) in [5, 5.41) is 25.5. The molecule has 178 valence electrons. The maximum Gasteiger partial charge on any atom is 0.241 e. The highest BCUT2D eigenvalue weighted by Crippen LogP contribution is 2.38. The van der Waals surface area contributed by atoms with Crippen LogP contribution in [0.25, 0.3) is 21.9 Å². The number of benzene rings is 1. The number of aliphatic hydroxyl groups excluding tert-OH is 1. The van der Waals surface area contributed by atoms with Crippen LogP contribution < -0.4 is 16.0 Å². The molecule has 0 radical (unpaired) electrons.